The first-order chi connectivity index (χ1) is 7.34. The van der Waals surface area contributed by atoms with Gasteiger partial charge in [-0.1, -0.05) is 11.6 Å². The van der Waals surface area contributed by atoms with Gasteiger partial charge >= 0.3 is 6.01 Å². The maximum Gasteiger partial charge on any atom is 0.316 e. The summed E-state index contributed by atoms with van der Waals surface area (Å²) in [6.07, 6.45) is 5.52. The van der Waals surface area contributed by atoms with E-state index in [0.29, 0.717) is 23.6 Å². The molecule has 0 aliphatic carbocycles. The maximum absolute atomic E-state index is 5.67. The Labute approximate surface area is 94.0 Å². The number of hydrogen-bond donors (Lipinski definition) is 1. The Balaban J connectivity index is 1.79. The summed E-state index contributed by atoms with van der Waals surface area (Å²) in [4.78, 5) is 7.95. The second-order valence-corrected chi connectivity index (χ2v) is 4.14. The molecule has 15 heavy (non-hydrogen) atoms. The zero-order valence-electron chi connectivity index (χ0n) is 8.45. The number of piperidine rings is 1. The average molecular weight is 228 g/mol. The number of nitrogens with one attached hydrogen (secondary N) is 1. The molecule has 0 spiro atoms. The molecule has 2 rings (SSSR count). The van der Waals surface area contributed by atoms with Crippen molar-refractivity contribution in [2.45, 2.75) is 12.8 Å². The standard InChI is InChI=1S/C10H14ClN3O/c11-9-5-13-10(14-6-9)15-7-8-2-1-3-12-4-8/h5-6,8,12H,1-4,7H2. The quantitative estimate of drug-likeness (QED) is 0.851. The van der Waals surface area contributed by atoms with E-state index in [9.17, 15) is 0 Å². The van der Waals surface area contributed by atoms with Gasteiger partial charge in [-0.3, -0.25) is 0 Å². The van der Waals surface area contributed by atoms with Gasteiger partial charge in [0.2, 0.25) is 0 Å². The Kier molecular flexibility index (Phi) is 3.75. The van der Waals surface area contributed by atoms with Crippen LogP contribution in [0.25, 0.3) is 0 Å². The summed E-state index contributed by atoms with van der Waals surface area (Å²) in [5.74, 6) is 0.568. The molecular weight excluding hydrogens is 214 g/mol. The van der Waals surface area contributed by atoms with Crippen molar-refractivity contribution in [1.82, 2.24) is 15.3 Å². The van der Waals surface area contributed by atoms with Crippen LogP contribution in [0.3, 0.4) is 0 Å². The van der Waals surface area contributed by atoms with Gasteiger partial charge in [0.1, 0.15) is 0 Å². The number of nitrogens with zero attached hydrogens (tertiary/aromatic N) is 2. The number of hydrogen-bond acceptors (Lipinski definition) is 4. The van der Waals surface area contributed by atoms with Crippen LogP contribution >= 0.6 is 11.6 Å². The summed E-state index contributed by atoms with van der Waals surface area (Å²) in [6.45, 7) is 2.82. The minimum atomic E-state index is 0.407. The zero-order chi connectivity index (χ0) is 10.5. The first-order valence-electron chi connectivity index (χ1n) is 5.15. The van der Waals surface area contributed by atoms with Crippen LogP contribution in [0.4, 0.5) is 0 Å². The zero-order valence-corrected chi connectivity index (χ0v) is 9.20. The molecule has 0 aromatic carbocycles. The van der Waals surface area contributed by atoms with E-state index in [-0.39, 0.29) is 0 Å². The highest BCUT2D eigenvalue weighted by Gasteiger charge is 2.13. The smallest absolute Gasteiger partial charge is 0.316 e. The highest BCUT2D eigenvalue weighted by molar-refractivity contribution is 6.30. The number of halogens is 1. The van der Waals surface area contributed by atoms with Gasteiger partial charge in [0.25, 0.3) is 0 Å². The van der Waals surface area contributed by atoms with E-state index in [1.807, 2.05) is 0 Å². The molecule has 0 amide bonds. The SMILES string of the molecule is Clc1cnc(OCC2CCCNC2)nc1. The van der Waals surface area contributed by atoms with Crippen molar-refractivity contribution in [3.8, 4) is 6.01 Å². The van der Waals surface area contributed by atoms with Crippen molar-refractivity contribution >= 4 is 11.6 Å². The summed E-state index contributed by atoms with van der Waals surface area (Å²) in [7, 11) is 0. The number of ether oxygens (including phenoxy) is 1. The first-order valence-corrected chi connectivity index (χ1v) is 5.53. The number of aromatic nitrogens is 2. The third-order valence-electron chi connectivity index (χ3n) is 2.44. The Hall–Kier alpha value is -0.870. The summed E-state index contributed by atoms with van der Waals surface area (Å²) >= 11 is 5.67. The normalized spacial score (nSPS) is 21.3. The minimum Gasteiger partial charge on any atom is -0.463 e. The third kappa shape index (κ3) is 3.32. The largest absolute Gasteiger partial charge is 0.463 e. The Morgan fingerprint density at radius 3 is 2.93 bits per heavy atom. The van der Waals surface area contributed by atoms with Gasteiger partial charge in [0.15, 0.2) is 0 Å². The highest BCUT2D eigenvalue weighted by Crippen LogP contribution is 2.12. The molecule has 1 atom stereocenters. The molecule has 5 heteroatoms. The second kappa shape index (κ2) is 5.28. The lowest BCUT2D eigenvalue weighted by atomic mass is 10.0. The van der Waals surface area contributed by atoms with Gasteiger partial charge < -0.3 is 10.1 Å². The van der Waals surface area contributed by atoms with Crippen molar-refractivity contribution < 1.29 is 4.74 Å². The Morgan fingerprint density at radius 1 is 1.47 bits per heavy atom. The number of rotatable bonds is 3. The molecule has 2 heterocycles. The predicted molar refractivity (Wildman–Crippen MR) is 58.1 cm³/mol. The van der Waals surface area contributed by atoms with Crippen LogP contribution in [-0.4, -0.2) is 29.7 Å². The molecule has 4 nitrogen and oxygen atoms in total. The van der Waals surface area contributed by atoms with Crippen LogP contribution in [0.15, 0.2) is 12.4 Å². The molecule has 1 fully saturated rings. The van der Waals surface area contributed by atoms with Crippen LogP contribution < -0.4 is 10.1 Å². The average Bonchev–Trinajstić information content (AvgIpc) is 2.30. The molecule has 1 N–H and O–H groups in total. The molecule has 1 aromatic heterocycles. The fourth-order valence-electron chi connectivity index (χ4n) is 1.63. The van der Waals surface area contributed by atoms with E-state index < -0.39 is 0 Å². The van der Waals surface area contributed by atoms with E-state index in [1.165, 1.54) is 12.8 Å². The van der Waals surface area contributed by atoms with E-state index in [1.54, 1.807) is 12.4 Å². The van der Waals surface area contributed by atoms with Crippen LogP contribution in [0.5, 0.6) is 6.01 Å². The second-order valence-electron chi connectivity index (χ2n) is 3.71. The van der Waals surface area contributed by atoms with Gasteiger partial charge in [-0.05, 0) is 19.4 Å². The Bertz CT molecular complexity index is 298. The summed E-state index contributed by atoms with van der Waals surface area (Å²) in [5, 5.41) is 3.87. The Morgan fingerprint density at radius 2 is 2.27 bits per heavy atom. The van der Waals surface area contributed by atoms with E-state index in [2.05, 4.69) is 15.3 Å². The van der Waals surface area contributed by atoms with Crippen molar-refractivity contribution in [3.05, 3.63) is 17.4 Å². The summed E-state index contributed by atoms with van der Waals surface area (Å²) in [6, 6.07) is 0.407. The minimum absolute atomic E-state index is 0.407. The monoisotopic (exact) mass is 227 g/mol. The van der Waals surface area contributed by atoms with Crippen molar-refractivity contribution in [3.63, 3.8) is 0 Å². The van der Waals surface area contributed by atoms with Crippen LogP contribution in [0.1, 0.15) is 12.8 Å². The molecule has 0 saturated carbocycles. The van der Waals surface area contributed by atoms with E-state index >= 15 is 0 Å². The maximum atomic E-state index is 5.67. The molecule has 1 unspecified atom stereocenters. The molecule has 0 radical (unpaired) electrons. The molecule has 1 aromatic rings. The molecular formula is C10H14ClN3O. The van der Waals surface area contributed by atoms with Crippen molar-refractivity contribution in [2.24, 2.45) is 5.92 Å². The summed E-state index contributed by atoms with van der Waals surface area (Å²) in [5.41, 5.74) is 0. The van der Waals surface area contributed by atoms with Gasteiger partial charge in [-0.25, -0.2) is 9.97 Å². The fraction of sp³-hybridized carbons (Fsp3) is 0.600. The molecule has 0 bridgehead atoms. The lowest BCUT2D eigenvalue weighted by molar-refractivity contribution is 0.205. The third-order valence-corrected chi connectivity index (χ3v) is 2.64. The molecule has 1 aliphatic rings. The lowest BCUT2D eigenvalue weighted by Gasteiger charge is -2.22. The van der Waals surface area contributed by atoms with Crippen LogP contribution in [-0.2, 0) is 0 Å². The molecule has 1 aliphatic heterocycles. The fourth-order valence-corrected chi connectivity index (χ4v) is 1.73. The topological polar surface area (TPSA) is 47.0 Å². The van der Waals surface area contributed by atoms with Gasteiger partial charge in [0, 0.05) is 12.5 Å². The van der Waals surface area contributed by atoms with Gasteiger partial charge in [0.05, 0.1) is 24.0 Å². The predicted octanol–water partition coefficient (Wildman–Crippen LogP) is 1.51. The van der Waals surface area contributed by atoms with Crippen molar-refractivity contribution in [2.75, 3.05) is 19.7 Å². The first kappa shape index (κ1) is 10.6. The van der Waals surface area contributed by atoms with Gasteiger partial charge in [-0.15, -0.1) is 0 Å². The van der Waals surface area contributed by atoms with E-state index in [4.69, 9.17) is 16.3 Å². The molecule has 1 saturated heterocycles. The van der Waals surface area contributed by atoms with Crippen molar-refractivity contribution in [1.29, 1.82) is 0 Å². The van der Waals surface area contributed by atoms with Crippen LogP contribution in [0.2, 0.25) is 5.02 Å². The lowest BCUT2D eigenvalue weighted by Crippen LogP contribution is -2.33. The van der Waals surface area contributed by atoms with Crippen LogP contribution in [0, 0.1) is 5.92 Å². The highest BCUT2D eigenvalue weighted by atomic mass is 35.5. The summed E-state index contributed by atoms with van der Waals surface area (Å²) < 4.78 is 5.48. The van der Waals surface area contributed by atoms with Gasteiger partial charge in [-0.2, -0.15) is 0 Å². The molecule has 82 valence electrons. The van der Waals surface area contributed by atoms with E-state index in [0.717, 1.165) is 13.1 Å².